The Morgan fingerprint density at radius 3 is 1.78 bits per heavy atom. The summed E-state index contributed by atoms with van der Waals surface area (Å²) in [5, 5.41) is 0. The highest BCUT2D eigenvalue weighted by molar-refractivity contribution is 7.78. The van der Waals surface area contributed by atoms with Gasteiger partial charge in [-0.3, -0.25) is 0 Å². The molecule has 0 atom stereocenters. The fourth-order valence-electron chi connectivity index (χ4n) is 2.86. The van der Waals surface area contributed by atoms with Crippen molar-refractivity contribution in [1.29, 1.82) is 0 Å². The standard InChI is InChI=1S/C21H36S.ClH/c1-2-3-4-5-6-7-8-9-10-14-19-22-20-15-18-21-16-12-11-13-17-21;/h11-13,16-17H,2-10,14-15,18-20H2,1H3;1H. The zero-order valence-corrected chi connectivity index (χ0v) is 16.8. The minimum absolute atomic E-state index is 0. The van der Waals surface area contributed by atoms with Gasteiger partial charge in [-0.25, -0.2) is 0 Å². The van der Waals surface area contributed by atoms with Crippen molar-refractivity contribution in [2.75, 3.05) is 11.5 Å². The minimum Gasteiger partial charge on any atom is -1.00 e. The third-order valence-corrected chi connectivity index (χ3v) is 5.56. The summed E-state index contributed by atoms with van der Waals surface area (Å²) in [7, 11) is 0. The van der Waals surface area contributed by atoms with Gasteiger partial charge < -0.3 is 12.4 Å². The molecule has 0 bridgehead atoms. The van der Waals surface area contributed by atoms with Crippen LogP contribution in [0, 0.1) is 0 Å². The molecule has 0 fully saturated rings. The molecule has 0 amide bonds. The van der Waals surface area contributed by atoms with Gasteiger partial charge in [-0.05, 0) is 43.0 Å². The first-order valence-electron chi connectivity index (χ1n) is 9.60. The van der Waals surface area contributed by atoms with Gasteiger partial charge in [0.25, 0.3) is 0 Å². The molecule has 2 heteroatoms. The van der Waals surface area contributed by atoms with Crippen LogP contribution in [0.3, 0.4) is 0 Å². The Bertz CT molecular complexity index is 326. The monoisotopic (exact) mass is 356 g/mol. The van der Waals surface area contributed by atoms with Crippen molar-refractivity contribution < 1.29 is 12.4 Å². The average Bonchev–Trinajstić information content (AvgIpc) is 2.56. The summed E-state index contributed by atoms with van der Waals surface area (Å²) in [5.74, 6) is 2.80. The first kappa shape index (κ1) is 22.9. The van der Waals surface area contributed by atoms with Gasteiger partial charge >= 0.3 is 0 Å². The summed E-state index contributed by atoms with van der Waals surface area (Å²) in [6.45, 7) is 2.29. The van der Waals surface area contributed by atoms with Gasteiger partial charge in [0, 0.05) is 0 Å². The van der Waals surface area contributed by atoms with Crippen LogP contribution in [-0.2, 0) is 18.2 Å². The highest BCUT2D eigenvalue weighted by Crippen LogP contribution is 2.10. The lowest BCUT2D eigenvalue weighted by Crippen LogP contribution is -3.00. The predicted molar refractivity (Wildman–Crippen MR) is 105 cm³/mol. The minimum atomic E-state index is 0. The fraction of sp³-hybridized carbons (Fsp3) is 0.714. The molecule has 0 aliphatic heterocycles. The van der Waals surface area contributed by atoms with Crippen molar-refractivity contribution in [1.82, 2.24) is 0 Å². The molecule has 1 rings (SSSR count). The molecule has 134 valence electrons. The molecule has 0 aliphatic carbocycles. The van der Waals surface area contributed by atoms with E-state index in [2.05, 4.69) is 37.3 Å². The molecule has 0 saturated heterocycles. The highest BCUT2D eigenvalue weighted by Gasteiger charge is 1.99. The van der Waals surface area contributed by atoms with Crippen LogP contribution in [0.25, 0.3) is 0 Å². The Balaban J connectivity index is 0.00000484. The van der Waals surface area contributed by atoms with E-state index in [0.29, 0.717) is 0 Å². The molecule has 1 aromatic rings. The van der Waals surface area contributed by atoms with E-state index in [-0.39, 0.29) is 12.4 Å². The second kappa shape index (κ2) is 18.2. The van der Waals surface area contributed by atoms with E-state index in [1.54, 1.807) is 11.8 Å². The summed E-state index contributed by atoms with van der Waals surface area (Å²) in [4.78, 5) is 0. The van der Waals surface area contributed by atoms with E-state index in [1.807, 2.05) is 0 Å². The number of rotatable bonds is 15. The maximum atomic E-state index is 2.29. The molecule has 0 unspecified atom stereocenters. The average molecular weight is 357 g/mol. The molecule has 0 spiro atoms. The van der Waals surface area contributed by atoms with Gasteiger partial charge in [0.1, 0.15) is 11.5 Å². The Morgan fingerprint density at radius 2 is 1.17 bits per heavy atom. The number of benzene rings is 1. The first-order chi connectivity index (χ1) is 10.9. The maximum Gasteiger partial charge on any atom is 0.106 e. The third-order valence-electron chi connectivity index (χ3n) is 4.29. The molecule has 23 heavy (non-hydrogen) atoms. The van der Waals surface area contributed by atoms with Crippen LogP contribution >= 0.6 is 0 Å². The Kier molecular flexibility index (Phi) is 18.1. The topological polar surface area (TPSA) is 0 Å². The van der Waals surface area contributed by atoms with Gasteiger partial charge in [-0.1, -0.05) is 88.6 Å². The Hall–Kier alpha value is -0.140. The van der Waals surface area contributed by atoms with Crippen LogP contribution in [0.15, 0.2) is 30.3 Å². The quantitative estimate of drug-likeness (QED) is 0.257. The van der Waals surface area contributed by atoms with Crippen molar-refractivity contribution >= 4 is 11.8 Å². The first-order valence-corrected chi connectivity index (χ1v) is 10.9. The van der Waals surface area contributed by atoms with E-state index in [9.17, 15) is 0 Å². The number of halogens is 1. The van der Waals surface area contributed by atoms with Gasteiger partial charge in [0.15, 0.2) is 0 Å². The highest BCUT2D eigenvalue weighted by atomic mass is 35.5. The largest absolute Gasteiger partial charge is 1.00 e. The third kappa shape index (κ3) is 15.1. The number of hydrogen-bond acceptors (Lipinski definition) is 0. The van der Waals surface area contributed by atoms with Gasteiger partial charge in [0.05, 0.1) is 0 Å². The predicted octanol–water partition coefficient (Wildman–Crippen LogP) is 3.36. The van der Waals surface area contributed by atoms with Crippen LogP contribution < -0.4 is 12.4 Å². The smallest absolute Gasteiger partial charge is 0.106 e. The number of thiol groups is 1. The van der Waals surface area contributed by atoms with E-state index in [4.69, 9.17) is 0 Å². The van der Waals surface area contributed by atoms with Crippen LogP contribution in [0.4, 0.5) is 0 Å². The summed E-state index contributed by atoms with van der Waals surface area (Å²) in [6.07, 6.45) is 17.1. The molecule has 0 saturated carbocycles. The zero-order valence-electron chi connectivity index (χ0n) is 15.1. The van der Waals surface area contributed by atoms with Gasteiger partial charge in [0.2, 0.25) is 0 Å². The summed E-state index contributed by atoms with van der Waals surface area (Å²) < 4.78 is 0. The fourth-order valence-corrected chi connectivity index (χ4v) is 3.92. The van der Waals surface area contributed by atoms with E-state index < -0.39 is 0 Å². The second-order valence-corrected chi connectivity index (χ2v) is 7.78. The molecule has 0 radical (unpaired) electrons. The van der Waals surface area contributed by atoms with Crippen molar-refractivity contribution in [3.8, 4) is 0 Å². The van der Waals surface area contributed by atoms with Gasteiger partial charge in [-0.15, -0.1) is 0 Å². The van der Waals surface area contributed by atoms with Gasteiger partial charge in [-0.2, -0.15) is 0 Å². The SMILES string of the molecule is CCCCCCCCCCCC[SH+]CCCc1ccccc1.[Cl-]. The van der Waals surface area contributed by atoms with Crippen LogP contribution in [0.1, 0.15) is 83.1 Å². The normalized spacial score (nSPS) is 10.5. The molecule has 0 N–H and O–H groups in total. The Morgan fingerprint density at radius 1 is 0.652 bits per heavy atom. The van der Waals surface area contributed by atoms with Crippen LogP contribution in [0.2, 0.25) is 0 Å². The molecule has 0 heterocycles. The van der Waals surface area contributed by atoms with Crippen molar-refractivity contribution in [2.45, 2.75) is 84.0 Å². The van der Waals surface area contributed by atoms with E-state index in [0.717, 1.165) is 0 Å². The summed E-state index contributed by atoms with van der Waals surface area (Å²) >= 11 is 1.67. The number of unbranched alkanes of at least 4 members (excludes halogenated alkanes) is 9. The lowest BCUT2D eigenvalue weighted by molar-refractivity contribution is -0.00000470. The molecule has 0 aromatic heterocycles. The Labute approximate surface area is 155 Å². The molecule has 0 nitrogen and oxygen atoms in total. The number of aryl methyl sites for hydroxylation is 1. The van der Waals surface area contributed by atoms with E-state index >= 15 is 0 Å². The maximum absolute atomic E-state index is 2.29. The lowest BCUT2D eigenvalue weighted by atomic mass is 10.1. The lowest BCUT2D eigenvalue weighted by Gasteiger charge is -2.01. The molecular formula is C21H37ClS. The summed E-state index contributed by atoms with van der Waals surface area (Å²) in [6, 6.07) is 10.9. The van der Waals surface area contributed by atoms with Crippen molar-refractivity contribution in [3.05, 3.63) is 35.9 Å². The van der Waals surface area contributed by atoms with Crippen molar-refractivity contribution in [2.24, 2.45) is 0 Å². The van der Waals surface area contributed by atoms with Crippen molar-refractivity contribution in [3.63, 3.8) is 0 Å². The molecule has 1 aromatic carbocycles. The van der Waals surface area contributed by atoms with E-state index in [1.165, 1.54) is 94.1 Å². The van der Waals surface area contributed by atoms with Crippen LogP contribution in [-0.4, -0.2) is 11.5 Å². The second-order valence-electron chi connectivity index (χ2n) is 6.44. The summed E-state index contributed by atoms with van der Waals surface area (Å²) in [5.41, 5.74) is 1.50. The molecule has 0 aliphatic rings. The van der Waals surface area contributed by atoms with Crippen LogP contribution in [0.5, 0.6) is 0 Å². The number of hydrogen-bond donors (Lipinski definition) is 0. The zero-order chi connectivity index (χ0) is 15.7. The molecular weight excluding hydrogens is 320 g/mol.